The third-order valence-electron chi connectivity index (χ3n) is 8.27. The van der Waals surface area contributed by atoms with E-state index in [2.05, 4.69) is 19.0 Å². The van der Waals surface area contributed by atoms with Gasteiger partial charge in [-0.2, -0.15) is 0 Å². The van der Waals surface area contributed by atoms with E-state index in [1.807, 2.05) is 0 Å². The zero-order valence-corrected chi connectivity index (χ0v) is 14.0. The molecular formula is C19H29NO2. The van der Waals surface area contributed by atoms with Crippen LogP contribution in [0.3, 0.4) is 0 Å². The second-order valence-electron chi connectivity index (χ2n) is 9.09. The van der Waals surface area contributed by atoms with Crippen LogP contribution in [-0.4, -0.2) is 16.7 Å². The highest BCUT2D eigenvalue weighted by Gasteiger charge is 2.58. The number of carbonyl (C=O) groups is 1. The van der Waals surface area contributed by atoms with E-state index in [4.69, 9.17) is 0 Å². The van der Waals surface area contributed by atoms with Gasteiger partial charge in [0.2, 0.25) is 0 Å². The molecule has 0 amide bonds. The smallest absolute Gasteiger partial charge is 0.180 e. The number of hydrogen-bond acceptors (Lipinski definition) is 3. The summed E-state index contributed by atoms with van der Waals surface area (Å²) < 4.78 is 0. The number of fused-ring (bicyclic) bond motifs is 5. The van der Waals surface area contributed by atoms with Gasteiger partial charge in [-0.05, 0) is 73.0 Å². The van der Waals surface area contributed by atoms with E-state index in [1.165, 1.54) is 44.9 Å². The van der Waals surface area contributed by atoms with Crippen LogP contribution in [0.4, 0.5) is 0 Å². The van der Waals surface area contributed by atoms with Gasteiger partial charge in [0.05, 0.1) is 0 Å². The summed E-state index contributed by atoms with van der Waals surface area (Å²) in [6, 6.07) is 0. The van der Waals surface area contributed by atoms with Gasteiger partial charge in [-0.1, -0.05) is 25.4 Å². The van der Waals surface area contributed by atoms with E-state index in [9.17, 15) is 10.0 Å². The van der Waals surface area contributed by atoms with Crippen molar-refractivity contribution in [2.24, 2.45) is 39.7 Å². The maximum atomic E-state index is 12.1. The van der Waals surface area contributed by atoms with Crippen LogP contribution < -0.4 is 0 Å². The van der Waals surface area contributed by atoms with E-state index >= 15 is 0 Å². The molecule has 6 atom stereocenters. The second kappa shape index (κ2) is 4.82. The highest BCUT2D eigenvalue weighted by molar-refractivity contribution is 6.40. The summed E-state index contributed by atoms with van der Waals surface area (Å²) in [5.41, 5.74) is 1.21. The fourth-order valence-electron chi connectivity index (χ4n) is 7.03. The third-order valence-corrected chi connectivity index (χ3v) is 8.27. The molecule has 0 aromatic carbocycles. The molecule has 0 aromatic rings. The lowest BCUT2D eigenvalue weighted by molar-refractivity contribution is -0.125. The lowest BCUT2D eigenvalue weighted by atomic mass is 9.45. The average Bonchev–Trinajstić information content (AvgIpc) is 2.89. The van der Waals surface area contributed by atoms with Crippen LogP contribution in [0.2, 0.25) is 0 Å². The van der Waals surface area contributed by atoms with Crippen molar-refractivity contribution in [3.05, 3.63) is 0 Å². The van der Waals surface area contributed by atoms with Gasteiger partial charge in [0.25, 0.3) is 0 Å². The molecule has 0 saturated heterocycles. The summed E-state index contributed by atoms with van der Waals surface area (Å²) in [6.07, 6.45) is 10.8. The minimum Gasteiger partial charge on any atom is -0.411 e. The number of hydrogen-bond donors (Lipinski definition) is 1. The predicted octanol–water partition coefficient (Wildman–Crippen LogP) is 4.43. The second-order valence-corrected chi connectivity index (χ2v) is 9.09. The molecule has 4 fully saturated rings. The Bertz CT molecular complexity index is 528. The topological polar surface area (TPSA) is 49.7 Å². The van der Waals surface area contributed by atoms with Crippen LogP contribution in [0.15, 0.2) is 5.16 Å². The predicted molar refractivity (Wildman–Crippen MR) is 86.0 cm³/mol. The molecular weight excluding hydrogens is 274 g/mol. The third kappa shape index (κ3) is 1.86. The van der Waals surface area contributed by atoms with E-state index in [1.54, 1.807) is 0 Å². The van der Waals surface area contributed by atoms with Gasteiger partial charge >= 0.3 is 0 Å². The van der Waals surface area contributed by atoms with Gasteiger partial charge in [-0.25, -0.2) is 0 Å². The van der Waals surface area contributed by atoms with Gasteiger partial charge in [0.15, 0.2) is 5.78 Å². The Morgan fingerprint density at radius 2 is 1.91 bits per heavy atom. The molecule has 0 aliphatic heterocycles. The minimum absolute atomic E-state index is 0.0879. The summed E-state index contributed by atoms with van der Waals surface area (Å²) >= 11 is 0. The molecule has 4 aliphatic rings. The monoisotopic (exact) mass is 303 g/mol. The summed E-state index contributed by atoms with van der Waals surface area (Å²) in [5.74, 6) is 3.07. The van der Waals surface area contributed by atoms with E-state index in [-0.39, 0.29) is 11.2 Å². The van der Waals surface area contributed by atoms with E-state index < -0.39 is 0 Å². The van der Waals surface area contributed by atoms with Crippen LogP contribution in [0.25, 0.3) is 0 Å². The first-order valence-corrected chi connectivity index (χ1v) is 9.22. The molecule has 0 bridgehead atoms. The number of carbonyl (C=O) groups excluding carboxylic acids is 1. The molecule has 0 radical (unpaired) electrons. The van der Waals surface area contributed by atoms with Crippen molar-refractivity contribution in [1.29, 1.82) is 0 Å². The van der Waals surface area contributed by atoms with Crippen molar-refractivity contribution in [2.45, 2.75) is 71.6 Å². The molecule has 0 aromatic heterocycles. The van der Waals surface area contributed by atoms with Crippen molar-refractivity contribution < 1.29 is 10.0 Å². The quantitative estimate of drug-likeness (QED) is 0.531. The molecule has 4 rings (SSSR count). The highest BCUT2D eigenvalue weighted by atomic mass is 16.4. The Balaban J connectivity index is 1.66. The Morgan fingerprint density at radius 3 is 2.68 bits per heavy atom. The first-order valence-electron chi connectivity index (χ1n) is 9.22. The van der Waals surface area contributed by atoms with Crippen molar-refractivity contribution >= 4 is 11.5 Å². The SMILES string of the molecule is CC12CCCC1C1CC[C@H]3CC(=O)/C(=N\O)CC3(C)C1CC2. The van der Waals surface area contributed by atoms with Crippen molar-refractivity contribution in [2.75, 3.05) is 0 Å². The van der Waals surface area contributed by atoms with E-state index in [0.717, 1.165) is 17.8 Å². The number of rotatable bonds is 0. The largest absolute Gasteiger partial charge is 0.411 e. The average molecular weight is 303 g/mol. The Kier molecular flexibility index (Phi) is 3.22. The van der Waals surface area contributed by atoms with Crippen molar-refractivity contribution in [3.63, 3.8) is 0 Å². The Labute approximate surface area is 133 Å². The molecule has 0 heterocycles. The number of oxime groups is 1. The fourth-order valence-corrected chi connectivity index (χ4v) is 7.03. The fraction of sp³-hybridized carbons (Fsp3) is 0.895. The first-order chi connectivity index (χ1) is 10.5. The maximum Gasteiger partial charge on any atom is 0.180 e. The standard InChI is InChI=1S/C19H29NO2/c1-18-8-3-4-14(18)13-6-5-12-10-17(21)16(20-22)11-19(12,2)15(13)7-9-18/h12-15,22H,3-11H2,1-2H3/b20-16-/t12-,13?,14?,15?,18?,19?/m0/s1. The van der Waals surface area contributed by atoms with Crippen molar-refractivity contribution in [3.8, 4) is 0 Å². The van der Waals surface area contributed by atoms with Gasteiger partial charge in [-0.15, -0.1) is 0 Å². The van der Waals surface area contributed by atoms with Gasteiger partial charge in [-0.3, -0.25) is 4.79 Å². The zero-order chi connectivity index (χ0) is 15.5. The lowest BCUT2D eigenvalue weighted by Crippen LogP contribution is -2.54. The maximum absolute atomic E-state index is 12.1. The number of Topliss-reactive ketones (excluding diaryl/α,β-unsaturated/α-hetero) is 1. The Morgan fingerprint density at radius 1 is 1.09 bits per heavy atom. The molecule has 1 N–H and O–H groups in total. The minimum atomic E-state index is 0.0879. The molecule has 3 nitrogen and oxygen atoms in total. The summed E-state index contributed by atoms with van der Waals surface area (Å²) in [5, 5.41) is 12.6. The van der Waals surface area contributed by atoms with Gasteiger partial charge in [0, 0.05) is 12.8 Å². The van der Waals surface area contributed by atoms with Crippen molar-refractivity contribution in [1.82, 2.24) is 0 Å². The molecule has 3 heteroatoms. The summed E-state index contributed by atoms with van der Waals surface area (Å²) in [6.45, 7) is 4.92. The van der Waals surface area contributed by atoms with Crippen LogP contribution in [-0.2, 0) is 4.79 Å². The molecule has 22 heavy (non-hydrogen) atoms. The lowest BCUT2D eigenvalue weighted by Gasteiger charge is -2.59. The normalized spacial score (nSPS) is 53.0. The van der Waals surface area contributed by atoms with Gasteiger partial charge < -0.3 is 5.21 Å². The molecule has 4 aliphatic carbocycles. The molecule has 122 valence electrons. The van der Waals surface area contributed by atoms with Crippen LogP contribution in [0, 0.1) is 34.5 Å². The molecule has 4 saturated carbocycles. The van der Waals surface area contributed by atoms with Crippen LogP contribution >= 0.6 is 0 Å². The van der Waals surface area contributed by atoms with Crippen LogP contribution in [0.5, 0.6) is 0 Å². The van der Waals surface area contributed by atoms with Crippen LogP contribution in [0.1, 0.15) is 71.6 Å². The summed E-state index contributed by atoms with van der Waals surface area (Å²) in [7, 11) is 0. The number of nitrogens with zero attached hydrogens (tertiary/aromatic N) is 1. The zero-order valence-electron chi connectivity index (χ0n) is 14.0. The molecule has 0 spiro atoms. The Hall–Kier alpha value is -0.860. The van der Waals surface area contributed by atoms with Gasteiger partial charge in [0.1, 0.15) is 5.71 Å². The summed E-state index contributed by atoms with van der Waals surface area (Å²) in [4.78, 5) is 12.1. The highest BCUT2D eigenvalue weighted by Crippen LogP contribution is 2.65. The number of ketones is 1. The molecule has 5 unspecified atom stereocenters. The first kappa shape index (κ1) is 14.7. The van der Waals surface area contributed by atoms with E-state index in [0.29, 0.717) is 29.9 Å².